The number of benzene rings is 2. The zero-order chi connectivity index (χ0) is 19.0. The van der Waals surface area contributed by atoms with E-state index in [1.165, 1.54) is 12.1 Å². The lowest BCUT2D eigenvalue weighted by molar-refractivity contribution is 0.0746. The largest absolute Gasteiger partial charge is 0.329 e. The van der Waals surface area contributed by atoms with Crippen LogP contribution in [-0.4, -0.2) is 24.2 Å². The SMILES string of the molecule is O=C(c1csc(NS(=O)(=O)c2ccccc2)n1)N1Cc2cccc(Cl)c2C1. The molecule has 27 heavy (non-hydrogen) atoms. The molecule has 0 atom stereocenters. The third-order valence-electron chi connectivity index (χ3n) is 4.21. The van der Waals surface area contributed by atoms with Crippen molar-refractivity contribution in [2.75, 3.05) is 4.72 Å². The third kappa shape index (κ3) is 3.55. The molecule has 1 aromatic heterocycles. The van der Waals surface area contributed by atoms with Gasteiger partial charge >= 0.3 is 0 Å². The minimum atomic E-state index is -3.74. The van der Waals surface area contributed by atoms with Crippen LogP contribution < -0.4 is 4.72 Å². The van der Waals surface area contributed by atoms with Crippen molar-refractivity contribution in [3.63, 3.8) is 0 Å². The van der Waals surface area contributed by atoms with Crippen molar-refractivity contribution in [3.05, 3.63) is 75.8 Å². The minimum absolute atomic E-state index is 0.137. The number of aromatic nitrogens is 1. The van der Waals surface area contributed by atoms with Crippen LogP contribution in [0.25, 0.3) is 0 Å². The Morgan fingerprint density at radius 1 is 1.11 bits per heavy atom. The van der Waals surface area contributed by atoms with Gasteiger partial charge in [-0.05, 0) is 29.3 Å². The Balaban J connectivity index is 1.50. The second-order valence-corrected chi connectivity index (χ2v) is 8.94. The van der Waals surface area contributed by atoms with Crippen molar-refractivity contribution in [2.24, 2.45) is 0 Å². The molecule has 0 saturated heterocycles. The average Bonchev–Trinajstić information content (AvgIpc) is 3.29. The van der Waals surface area contributed by atoms with E-state index in [1.807, 2.05) is 12.1 Å². The van der Waals surface area contributed by atoms with Crippen LogP contribution in [0.3, 0.4) is 0 Å². The molecule has 0 aliphatic carbocycles. The molecule has 2 aromatic carbocycles. The van der Waals surface area contributed by atoms with Gasteiger partial charge < -0.3 is 4.90 Å². The number of nitrogens with zero attached hydrogens (tertiary/aromatic N) is 2. The average molecular weight is 420 g/mol. The first-order valence-electron chi connectivity index (χ1n) is 8.03. The lowest BCUT2D eigenvalue weighted by atomic mass is 10.1. The Morgan fingerprint density at radius 2 is 1.89 bits per heavy atom. The van der Waals surface area contributed by atoms with Crippen LogP contribution in [0.15, 0.2) is 58.8 Å². The summed E-state index contributed by atoms with van der Waals surface area (Å²) in [6.07, 6.45) is 0. The van der Waals surface area contributed by atoms with Crippen LogP contribution in [0.4, 0.5) is 5.13 Å². The summed E-state index contributed by atoms with van der Waals surface area (Å²) in [5.41, 5.74) is 2.15. The van der Waals surface area contributed by atoms with E-state index in [9.17, 15) is 13.2 Å². The van der Waals surface area contributed by atoms with Crippen molar-refractivity contribution in [3.8, 4) is 0 Å². The van der Waals surface area contributed by atoms with Gasteiger partial charge in [0.05, 0.1) is 4.90 Å². The minimum Gasteiger partial charge on any atom is -0.329 e. The molecule has 1 aliphatic rings. The maximum absolute atomic E-state index is 12.7. The molecule has 138 valence electrons. The van der Waals surface area contributed by atoms with Crippen molar-refractivity contribution in [2.45, 2.75) is 18.0 Å². The van der Waals surface area contributed by atoms with Gasteiger partial charge in [0.15, 0.2) is 5.13 Å². The highest BCUT2D eigenvalue weighted by atomic mass is 35.5. The highest BCUT2D eigenvalue weighted by molar-refractivity contribution is 7.93. The lowest BCUT2D eigenvalue weighted by Crippen LogP contribution is -2.25. The second-order valence-electron chi connectivity index (χ2n) is 6.00. The fourth-order valence-corrected chi connectivity index (χ4v) is 5.09. The maximum Gasteiger partial charge on any atom is 0.274 e. The van der Waals surface area contributed by atoms with Gasteiger partial charge in [0.2, 0.25) is 0 Å². The van der Waals surface area contributed by atoms with Gasteiger partial charge in [-0.1, -0.05) is 41.9 Å². The molecule has 6 nitrogen and oxygen atoms in total. The Labute approximate surface area is 165 Å². The van der Waals surface area contributed by atoms with Gasteiger partial charge in [-0.15, -0.1) is 11.3 Å². The summed E-state index contributed by atoms with van der Waals surface area (Å²) in [7, 11) is -3.74. The number of fused-ring (bicyclic) bond motifs is 1. The second kappa shape index (κ2) is 6.95. The van der Waals surface area contributed by atoms with Crippen LogP contribution in [0, 0.1) is 0 Å². The molecule has 0 unspecified atom stereocenters. The van der Waals surface area contributed by atoms with Crippen LogP contribution >= 0.6 is 22.9 Å². The van der Waals surface area contributed by atoms with Gasteiger partial charge in [-0.2, -0.15) is 0 Å². The summed E-state index contributed by atoms with van der Waals surface area (Å²) in [6.45, 7) is 0.869. The Kier molecular flexibility index (Phi) is 4.63. The summed E-state index contributed by atoms with van der Waals surface area (Å²) in [4.78, 5) is 18.7. The van der Waals surface area contributed by atoms with Gasteiger partial charge in [0, 0.05) is 23.5 Å². The van der Waals surface area contributed by atoms with E-state index in [1.54, 1.807) is 34.5 Å². The predicted octanol–water partition coefficient (Wildman–Crippen LogP) is 3.75. The molecule has 0 radical (unpaired) electrons. The molecule has 0 fully saturated rings. The maximum atomic E-state index is 12.7. The molecule has 2 heterocycles. The van der Waals surface area contributed by atoms with E-state index in [0.717, 1.165) is 22.5 Å². The van der Waals surface area contributed by atoms with Crippen LogP contribution in [0.1, 0.15) is 21.6 Å². The first-order valence-corrected chi connectivity index (χ1v) is 10.8. The fraction of sp³-hybridized carbons (Fsp3) is 0.111. The summed E-state index contributed by atoms with van der Waals surface area (Å²) in [5, 5.41) is 2.34. The molecule has 9 heteroatoms. The standard InChI is InChI=1S/C18H14ClN3O3S2/c19-15-8-4-5-12-9-22(10-14(12)15)17(23)16-11-26-18(20-16)21-27(24,25)13-6-2-1-3-7-13/h1-8,11H,9-10H2,(H,20,21). The molecule has 0 spiro atoms. The first-order chi connectivity index (χ1) is 12.9. The number of hydrogen-bond donors (Lipinski definition) is 1. The normalized spacial score (nSPS) is 13.4. The highest BCUT2D eigenvalue weighted by Crippen LogP contribution is 2.30. The number of amides is 1. The molecular formula is C18H14ClN3O3S2. The van der Waals surface area contributed by atoms with Gasteiger partial charge in [-0.25, -0.2) is 13.4 Å². The molecule has 4 rings (SSSR count). The number of rotatable bonds is 4. The van der Waals surface area contributed by atoms with Crippen LogP contribution in [-0.2, 0) is 23.1 Å². The van der Waals surface area contributed by atoms with E-state index in [-0.39, 0.29) is 21.6 Å². The molecule has 0 bridgehead atoms. The molecular weight excluding hydrogens is 406 g/mol. The van der Waals surface area contributed by atoms with Crippen molar-refractivity contribution in [1.29, 1.82) is 0 Å². The number of carbonyl (C=O) groups excluding carboxylic acids is 1. The number of thiazole rings is 1. The number of hydrogen-bond acceptors (Lipinski definition) is 5. The summed E-state index contributed by atoms with van der Waals surface area (Å²) >= 11 is 7.26. The molecule has 3 aromatic rings. The molecule has 0 saturated carbocycles. The predicted molar refractivity (Wildman–Crippen MR) is 104 cm³/mol. The zero-order valence-electron chi connectivity index (χ0n) is 13.9. The summed E-state index contributed by atoms with van der Waals surface area (Å²) in [5.74, 6) is -0.260. The van der Waals surface area contributed by atoms with Crippen molar-refractivity contribution < 1.29 is 13.2 Å². The number of carbonyl (C=O) groups is 1. The number of anilines is 1. The number of halogens is 1. The van der Waals surface area contributed by atoms with E-state index in [2.05, 4.69) is 9.71 Å². The quantitative estimate of drug-likeness (QED) is 0.698. The smallest absolute Gasteiger partial charge is 0.274 e. The topological polar surface area (TPSA) is 79.4 Å². The van der Waals surface area contributed by atoms with Crippen molar-refractivity contribution >= 4 is 44.0 Å². The number of nitrogens with one attached hydrogen (secondary N) is 1. The Bertz CT molecular complexity index is 1110. The molecule has 1 N–H and O–H groups in total. The molecule has 1 amide bonds. The van der Waals surface area contributed by atoms with Crippen LogP contribution in [0.2, 0.25) is 5.02 Å². The Hall–Kier alpha value is -2.42. The van der Waals surface area contributed by atoms with E-state index < -0.39 is 10.0 Å². The van der Waals surface area contributed by atoms with Crippen molar-refractivity contribution in [1.82, 2.24) is 9.88 Å². The Morgan fingerprint density at radius 3 is 2.63 bits per heavy atom. The van der Waals surface area contributed by atoms with Gasteiger partial charge in [0.1, 0.15) is 5.69 Å². The zero-order valence-corrected chi connectivity index (χ0v) is 16.3. The summed E-state index contributed by atoms with van der Waals surface area (Å²) in [6, 6.07) is 13.6. The fourth-order valence-electron chi connectivity index (χ4n) is 2.88. The van der Waals surface area contributed by atoms with Gasteiger partial charge in [0.25, 0.3) is 15.9 Å². The monoisotopic (exact) mass is 419 g/mol. The summed E-state index contributed by atoms with van der Waals surface area (Å²) < 4.78 is 27.2. The van der Waals surface area contributed by atoms with E-state index >= 15 is 0 Å². The van der Waals surface area contributed by atoms with E-state index in [4.69, 9.17) is 11.6 Å². The third-order valence-corrected chi connectivity index (χ3v) is 6.81. The van der Waals surface area contributed by atoms with E-state index in [0.29, 0.717) is 18.1 Å². The number of sulfonamides is 1. The molecule has 1 aliphatic heterocycles. The van der Waals surface area contributed by atoms with Crippen LogP contribution in [0.5, 0.6) is 0 Å². The van der Waals surface area contributed by atoms with Gasteiger partial charge in [-0.3, -0.25) is 9.52 Å². The lowest BCUT2D eigenvalue weighted by Gasteiger charge is -2.13. The highest BCUT2D eigenvalue weighted by Gasteiger charge is 2.27. The first kappa shape index (κ1) is 18.0.